The molecule has 0 aliphatic carbocycles. The first-order valence-corrected chi connectivity index (χ1v) is 12.1. The van der Waals surface area contributed by atoms with Gasteiger partial charge in [-0.15, -0.1) is 0 Å². The molecule has 4 rings (SSSR count). The first-order chi connectivity index (χ1) is 14.8. The SMILES string of the molecule is Cc1ccc(S(=O)(=O)N2CCC(C(=O)N(C)c3cccc4ccccc34)CC2)c(C)c1. The molecule has 162 valence electrons. The summed E-state index contributed by atoms with van der Waals surface area (Å²) in [7, 11) is -1.74. The van der Waals surface area contributed by atoms with Gasteiger partial charge in [0.15, 0.2) is 0 Å². The number of carbonyl (C=O) groups is 1. The van der Waals surface area contributed by atoms with Gasteiger partial charge in [0.1, 0.15) is 0 Å². The number of nitrogens with zero attached hydrogens (tertiary/aromatic N) is 2. The molecule has 1 heterocycles. The third kappa shape index (κ3) is 4.10. The normalized spacial score (nSPS) is 15.8. The van der Waals surface area contributed by atoms with E-state index in [1.54, 1.807) is 11.0 Å². The molecular formula is C25H28N2O3S. The molecule has 1 amide bonds. The molecule has 0 atom stereocenters. The van der Waals surface area contributed by atoms with Gasteiger partial charge in [0.2, 0.25) is 15.9 Å². The summed E-state index contributed by atoms with van der Waals surface area (Å²) in [6, 6.07) is 19.4. The van der Waals surface area contributed by atoms with E-state index < -0.39 is 10.0 Å². The van der Waals surface area contributed by atoms with Crippen LogP contribution in [0.1, 0.15) is 24.0 Å². The van der Waals surface area contributed by atoms with Crippen LogP contribution in [0, 0.1) is 19.8 Å². The average molecular weight is 437 g/mol. The van der Waals surface area contributed by atoms with E-state index in [9.17, 15) is 13.2 Å². The number of anilines is 1. The summed E-state index contributed by atoms with van der Waals surface area (Å²) in [4.78, 5) is 15.3. The molecule has 3 aromatic carbocycles. The maximum absolute atomic E-state index is 13.2. The maximum atomic E-state index is 13.2. The summed E-state index contributed by atoms with van der Waals surface area (Å²) in [6.45, 7) is 4.49. The summed E-state index contributed by atoms with van der Waals surface area (Å²) >= 11 is 0. The lowest BCUT2D eigenvalue weighted by Gasteiger charge is -2.33. The molecule has 3 aromatic rings. The van der Waals surface area contributed by atoms with E-state index >= 15 is 0 Å². The molecule has 0 aromatic heterocycles. The number of carbonyl (C=O) groups excluding carboxylic acids is 1. The van der Waals surface area contributed by atoms with Gasteiger partial charge in [-0.1, -0.05) is 54.1 Å². The highest BCUT2D eigenvalue weighted by Gasteiger charge is 2.34. The van der Waals surface area contributed by atoms with Crippen LogP contribution in [0.4, 0.5) is 5.69 Å². The quantitative estimate of drug-likeness (QED) is 0.604. The van der Waals surface area contributed by atoms with Gasteiger partial charge >= 0.3 is 0 Å². The number of hydrogen-bond acceptors (Lipinski definition) is 3. The number of amides is 1. The van der Waals surface area contributed by atoms with Crippen molar-refractivity contribution < 1.29 is 13.2 Å². The molecule has 0 spiro atoms. The molecule has 6 heteroatoms. The third-order valence-corrected chi connectivity index (χ3v) is 8.27. The minimum atomic E-state index is -3.55. The lowest BCUT2D eigenvalue weighted by atomic mass is 9.96. The molecular weight excluding hydrogens is 408 g/mol. The Kier molecular flexibility index (Phi) is 5.86. The summed E-state index contributed by atoms with van der Waals surface area (Å²) in [5, 5.41) is 2.13. The van der Waals surface area contributed by atoms with Crippen molar-refractivity contribution >= 4 is 32.4 Å². The van der Waals surface area contributed by atoms with Crippen LogP contribution in [0.5, 0.6) is 0 Å². The second kappa shape index (κ2) is 8.44. The summed E-state index contributed by atoms with van der Waals surface area (Å²) in [5.74, 6) is -0.144. The lowest BCUT2D eigenvalue weighted by molar-refractivity contribution is -0.123. The molecule has 5 nitrogen and oxygen atoms in total. The summed E-state index contributed by atoms with van der Waals surface area (Å²) in [5.41, 5.74) is 2.68. The zero-order valence-electron chi connectivity index (χ0n) is 18.2. The van der Waals surface area contributed by atoms with Crippen LogP contribution >= 0.6 is 0 Å². The molecule has 31 heavy (non-hydrogen) atoms. The van der Waals surface area contributed by atoms with Crippen LogP contribution in [-0.2, 0) is 14.8 Å². The van der Waals surface area contributed by atoms with Gasteiger partial charge in [0, 0.05) is 31.4 Å². The van der Waals surface area contributed by atoms with Gasteiger partial charge in [-0.25, -0.2) is 8.42 Å². The van der Waals surface area contributed by atoms with Crippen molar-refractivity contribution in [2.45, 2.75) is 31.6 Å². The zero-order chi connectivity index (χ0) is 22.2. The Labute approximate surface area is 184 Å². The number of fused-ring (bicyclic) bond motifs is 1. The summed E-state index contributed by atoms with van der Waals surface area (Å²) < 4.78 is 27.8. The molecule has 0 N–H and O–H groups in total. The van der Waals surface area contributed by atoms with Gasteiger partial charge in [-0.2, -0.15) is 4.31 Å². The van der Waals surface area contributed by atoms with E-state index in [-0.39, 0.29) is 11.8 Å². The number of hydrogen-bond donors (Lipinski definition) is 0. The highest BCUT2D eigenvalue weighted by molar-refractivity contribution is 7.89. The Morgan fingerprint density at radius 1 is 0.968 bits per heavy atom. The fourth-order valence-electron chi connectivity index (χ4n) is 4.46. The predicted molar refractivity (Wildman–Crippen MR) is 125 cm³/mol. The maximum Gasteiger partial charge on any atom is 0.243 e. The van der Waals surface area contributed by atoms with Crippen LogP contribution in [0.2, 0.25) is 0 Å². The Morgan fingerprint density at radius 2 is 1.65 bits per heavy atom. The summed E-state index contributed by atoms with van der Waals surface area (Å²) in [6.07, 6.45) is 1.05. The average Bonchev–Trinajstić information content (AvgIpc) is 2.77. The van der Waals surface area contributed by atoms with Crippen LogP contribution in [0.25, 0.3) is 10.8 Å². The molecule has 1 fully saturated rings. The second-order valence-electron chi connectivity index (χ2n) is 8.34. The van der Waals surface area contributed by atoms with Crippen LogP contribution < -0.4 is 4.90 Å². The minimum Gasteiger partial charge on any atom is -0.315 e. The van der Waals surface area contributed by atoms with Crippen molar-refractivity contribution in [2.75, 3.05) is 25.0 Å². The highest BCUT2D eigenvalue weighted by atomic mass is 32.2. The molecule has 0 bridgehead atoms. The van der Waals surface area contributed by atoms with Crippen LogP contribution in [0.15, 0.2) is 65.6 Å². The zero-order valence-corrected chi connectivity index (χ0v) is 19.0. The van der Waals surface area contributed by atoms with E-state index in [4.69, 9.17) is 0 Å². The van der Waals surface area contributed by atoms with Crippen molar-refractivity contribution in [2.24, 2.45) is 5.92 Å². The Bertz CT molecular complexity index is 1220. The van der Waals surface area contributed by atoms with Crippen molar-refractivity contribution in [3.63, 3.8) is 0 Å². The van der Waals surface area contributed by atoms with E-state index in [2.05, 4.69) is 0 Å². The van der Waals surface area contributed by atoms with Crippen LogP contribution in [-0.4, -0.2) is 38.8 Å². The second-order valence-corrected chi connectivity index (χ2v) is 10.2. The Balaban J connectivity index is 1.48. The van der Waals surface area contributed by atoms with E-state index in [0.717, 1.165) is 27.6 Å². The molecule has 1 aliphatic rings. The van der Waals surface area contributed by atoms with Crippen molar-refractivity contribution in [3.05, 3.63) is 71.8 Å². The number of piperidine rings is 1. The fourth-order valence-corrected chi connectivity index (χ4v) is 6.14. The number of aryl methyl sites for hydroxylation is 2. The largest absolute Gasteiger partial charge is 0.315 e. The smallest absolute Gasteiger partial charge is 0.243 e. The molecule has 0 unspecified atom stereocenters. The van der Waals surface area contributed by atoms with Crippen molar-refractivity contribution in [1.82, 2.24) is 4.31 Å². The van der Waals surface area contributed by atoms with Gasteiger partial charge in [0.05, 0.1) is 10.6 Å². The monoisotopic (exact) mass is 436 g/mol. The standard InChI is InChI=1S/C25H28N2O3S/c1-18-11-12-24(19(2)17-18)31(29,30)27-15-13-21(14-16-27)25(28)26(3)23-10-6-8-20-7-4-5-9-22(20)23/h4-12,17,21H,13-16H2,1-3H3. The van der Waals surface area contributed by atoms with E-state index in [0.29, 0.717) is 30.8 Å². The van der Waals surface area contributed by atoms with E-state index in [1.807, 2.05) is 75.5 Å². The van der Waals surface area contributed by atoms with Gasteiger partial charge in [0.25, 0.3) is 0 Å². The van der Waals surface area contributed by atoms with Gasteiger partial charge in [-0.05, 0) is 49.8 Å². The van der Waals surface area contributed by atoms with Crippen molar-refractivity contribution in [3.8, 4) is 0 Å². The predicted octanol–water partition coefficient (Wildman–Crippen LogP) is 4.52. The fraction of sp³-hybridized carbons (Fsp3) is 0.320. The number of benzene rings is 3. The molecule has 0 saturated carbocycles. The Hall–Kier alpha value is -2.70. The first kappa shape index (κ1) is 21.5. The Morgan fingerprint density at radius 3 is 2.35 bits per heavy atom. The van der Waals surface area contributed by atoms with Gasteiger partial charge < -0.3 is 4.90 Å². The van der Waals surface area contributed by atoms with Crippen molar-refractivity contribution in [1.29, 1.82) is 0 Å². The van der Waals surface area contributed by atoms with E-state index in [1.165, 1.54) is 4.31 Å². The highest BCUT2D eigenvalue weighted by Crippen LogP contribution is 2.30. The van der Waals surface area contributed by atoms with Gasteiger partial charge in [-0.3, -0.25) is 4.79 Å². The lowest BCUT2D eigenvalue weighted by Crippen LogP contribution is -2.43. The first-order valence-electron chi connectivity index (χ1n) is 10.6. The molecule has 1 saturated heterocycles. The third-order valence-electron chi connectivity index (χ3n) is 6.21. The molecule has 1 aliphatic heterocycles. The topological polar surface area (TPSA) is 57.7 Å². The molecule has 0 radical (unpaired) electrons. The number of rotatable bonds is 4. The minimum absolute atomic E-state index is 0.0416. The van der Waals surface area contributed by atoms with Crippen LogP contribution in [0.3, 0.4) is 0 Å². The number of sulfonamides is 1.